The lowest BCUT2D eigenvalue weighted by molar-refractivity contribution is 0.374. The van der Waals surface area contributed by atoms with Crippen molar-refractivity contribution in [1.29, 1.82) is 0 Å². The molecule has 1 nitrogen and oxygen atoms in total. The maximum absolute atomic E-state index is 5.93. The van der Waals surface area contributed by atoms with E-state index in [1.54, 1.807) is 5.20 Å². The lowest BCUT2D eigenvalue weighted by Gasteiger charge is -2.40. The number of allylic oxidation sites excluding steroid dienone is 3. The molecule has 1 aliphatic rings. The van der Waals surface area contributed by atoms with Gasteiger partial charge in [0.05, 0.1) is 8.07 Å². The third-order valence-corrected chi connectivity index (χ3v) is 10.5. The van der Waals surface area contributed by atoms with Gasteiger partial charge in [-0.1, -0.05) is 63.5 Å². The maximum atomic E-state index is 5.93. The van der Waals surface area contributed by atoms with Crippen molar-refractivity contribution in [3.05, 3.63) is 23.0 Å². The first-order valence-corrected chi connectivity index (χ1v) is 11.8. The molecule has 1 rings (SSSR count). The van der Waals surface area contributed by atoms with Gasteiger partial charge in [0.1, 0.15) is 0 Å². The highest BCUT2D eigenvalue weighted by atomic mass is 28.4. The molecule has 16 heavy (non-hydrogen) atoms. The Kier molecular flexibility index (Phi) is 3.73. The average Bonchev–Trinajstić information content (AvgIpc) is 2.14. The summed E-state index contributed by atoms with van der Waals surface area (Å²) >= 11 is 0. The zero-order chi connectivity index (χ0) is 12.6. The van der Waals surface area contributed by atoms with Gasteiger partial charge in [-0.3, -0.25) is 0 Å². The van der Waals surface area contributed by atoms with Crippen LogP contribution < -0.4 is 0 Å². The molecule has 0 aromatic heterocycles. The van der Waals surface area contributed by atoms with Crippen LogP contribution in [0, 0.1) is 0 Å². The third-order valence-electron chi connectivity index (χ3n) is 3.66. The molecule has 1 unspecified atom stereocenters. The van der Waals surface area contributed by atoms with E-state index in [1.165, 1.54) is 0 Å². The molecule has 92 valence electrons. The van der Waals surface area contributed by atoms with Crippen molar-refractivity contribution in [2.45, 2.75) is 51.5 Å². The molecule has 3 heteroatoms. The van der Waals surface area contributed by atoms with Gasteiger partial charge in [-0.25, -0.2) is 0 Å². The summed E-state index contributed by atoms with van der Waals surface area (Å²) < 4.78 is 5.93. The first-order chi connectivity index (χ1) is 7.12. The van der Waals surface area contributed by atoms with E-state index in [0.717, 1.165) is 6.04 Å². The first-order valence-electron chi connectivity index (χ1n) is 6.07. The molecule has 0 radical (unpaired) electrons. The van der Waals surface area contributed by atoms with Crippen LogP contribution in [0.3, 0.4) is 0 Å². The average molecular weight is 255 g/mol. The fourth-order valence-electron chi connectivity index (χ4n) is 2.19. The molecular formula is C13H26OSi2. The zero-order valence-corrected chi connectivity index (χ0v) is 13.8. The predicted octanol–water partition coefficient (Wildman–Crippen LogP) is 4.29. The fourth-order valence-corrected chi connectivity index (χ4v) is 7.00. The minimum atomic E-state index is -1.71. The molecule has 1 heterocycles. The van der Waals surface area contributed by atoms with Gasteiger partial charge in [0, 0.05) is 7.11 Å². The molecular weight excluding hydrogens is 228 g/mol. The highest BCUT2D eigenvalue weighted by molar-refractivity contribution is 6.86. The second-order valence-electron chi connectivity index (χ2n) is 6.79. The second-order valence-corrected chi connectivity index (χ2v) is 16.3. The van der Waals surface area contributed by atoms with Gasteiger partial charge >= 0.3 is 0 Å². The van der Waals surface area contributed by atoms with Crippen LogP contribution in [0.5, 0.6) is 0 Å². The minimum Gasteiger partial charge on any atom is -0.415 e. The van der Waals surface area contributed by atoms with Crippen LogP contribution in [0.1, 0.15) is 20.8 Å². The van der Waals surface area contributed by atoms with E-state index in [2.05, 4.69) is 58.3 Å². The first kappa shape index (κ1) is 13.9. The van der Waals surface area contributed by atoms with Gasteiger partial charge in [0.15, 0.2) is 0 Å². The summed E-state index contributed by atoms with van der Waals surface area (Å²) in [5.74, 6) is 0. The van der Waals surface area contributed by atoms with E-state index in [9.17, 15) is 0 Å². The molecule has 0 bridgehead atoms. The van der Waals surface area contributed by atoms with Gasteiger partial charge in [0.25, 0.3) is 0 Å². The van der Waals surface area contributed by atoms with Crippen molar-refractivity contribution in [3.63, 3.8) is 0 Å². The summed E-state index contributed by atoms with van der Waals surface area (Å²) in [4.78, 5) is 0. The largest absolute Gasteiger partial charge is 0.415 e. The Hall–Kier alpha value is -0.126. The van der Waals surface area contributed by atoms with Crippen LogP contribution in [0.2, 0.25) is 30.7 Å². The van der Waals surface area contributed by atoms with Crippen molar-refractivity contribution in [2.24, 2.45) is 0 Å². The molecule has 0 aliphatic carbocycles. The summed E-state index contributed by atoms with van der Waals surface area (Å²) in [6, 6.07) is 1.14. The van der Waals surface area contributed by atoms with Gasteiger partial charge in [0.2, 0.25) is 8.32 Å². The van der Waals surface area contributed by atoms with Gasteiger partial charge in [-0.05, 0) is 11.1 Å². The Bertz CT molecular complexity index is 318. The van der Waals surface area contributed by atoms with Crippen molar-refractivity contribution < 1.29 is 4.43 Å². The van der Waals surface area contributed by atoms with Gasteiger partial charge in [-0.2, -0.15) is 0 Å². The van der Waals surface area contributed by atoms with Crippen LogP contribution in [-0.4, -0.2) is 23.5 Å². The molecule has 0 saturated heterocycles. The smallest absolute Gasteiger partial charge is 0.225 e. The van der Waals surface area contributed by atoms with E-state index >= 15 is 0 Å². The second kappa shape index (κ2) is 4.28. The quantitative estimate of drug-likeness (QED) is 0.668. The van der Waals surface area contributed by atoms with E-state index in [-0.39, 0.29) is 5.04 Å². The number of rotatable bonds is 2. The molecule has 1 aliphatic heterocycles. The molecule has 0 saturated carbocycles. The monoisotopic (exact) mass is 254 g/mol. The Balaban J connectivity index is 2.97. The van der Waals surface area contributed by atoms with E-state index in [4.69, 9.17) is 4.43 Å². The SMILES string of the molecule is CO[Si]1(C(C)(C)C)C=CC([Si](C)(C)C)=CC1. The Labute approximate surface area is 103 Å². The molecule has 0 amide bonds. The fraction of sp³-hybridized carbons (Fsp3) is 0.692. The normalized spacial score (nSPS) is 26.8. The van der Waals surface area contributed by atoms with Crippen LogP contribution in [0.25, 0.3) is 0 Å². The third kappa shape index (κ3) is 2.58. The highest BCUT2D eigenvalue weighted by Crippen LogP contribution is 2.43. The van der Waals surface area contributed by atoms with Crippen LogP contribution in [0.4, 0.5) is 0 Å². The molecule has 0 spiro atoms. The van der Waals surface area contributed by atoms with Crippen molar-refractivity contribution in [3.8, 4) is 0 Å². The van der Waals surface area contributed by atoms with E-state index in [1.807, 2.05) is 7.11 Å². The lowest BCUT2D eigenvalue weighted by Crippen LogP contribution is -2.46. The Morgan fingerprint density at radius 3 is 2.06 bits per heavy atom. The van der Waals surface area contributed by atoms with Crippen LogP contribution in [0.15, 0.2) is 23.0 Å². The zero-order valence-electron chi connectivity index (χ0n) is 11.8. The molecule has 0 aromatic rings. The standard InChI is InChI=1S/C13H26OSi2/c1-13(2,3)16(14-4)10-8-12(9-11-16)15(5,6)7/h8-10H,11H2,1-7H3. The predicted molar refractivity (Wildman–Crippen MR) is 77.9 cm³/mol. The minimum absolute atomic E-state index is 0.277. The summed E-state index contributed by atoms with van der Waals surface area (Å²) in [6.07, 6.45) is 4.81. The summed E-state index contributed by atoms with van der Waals surface area (Å²) in [7, 11) is -0.979. The summed E-state index contributed by atoms with van der Waals surface area (Å²) in [5, 5.41) is 1.86. The van der Waals surface area contributed by atoms with Crippen molar-refractivity contribution in [2.75, 3.05) is 7.11 Å². The number of hydrogen-bond acceptors (Lipinski definition) is 1. The molecule has 1 atom stereocenters. The summed E-state index contributed by atoms with van der Waals surface area (Å²) in [5.41, 5.74) is 2.42. The molecule has 0 N–H and O–H groups in total. The van der Waals surface area contributed by atoms with E-state index < -0.39 is 16.4 Å². The molecule has 0 aromatic carbocycles. The number of hydrogen-bond donors (Lipinski definition) is 0. The molecule has 0 fully saturated rings. The highest BCUT2D eigenvalue weighted by Gasteiger charge is 2.44. The Morgan fingerprint density at radius 2 is 1.81 bits per heavy atom. The van der Waals surface area contributed by atoms with Gasteiger partial charge in [-0.15, -0.1) is 0 Å². The van der Waals surface area contributed by atoms with Crippen molar-refractivity contribution in [1.82, 2.24) is 0 Å². The maximum Gasteiger partial charge on any atom is 0.225 e. The lowest BCUT2D eigenvalue weighted by atomic mass is 10.2. The van der Waals surface area contributed by atoms with Crippen LogP contribution in [-0.2, 0) is 4.43 Å². The summed E-state index contributed by atoms with van der Waals surface area (Å²) in [6.45, 7) is 14.1. The van der Waals surface area contributed by atoms with Crippen LogP contribution >= 0.6 is 0 Å². The van der Waals surface area contributed by atoms with Crippen molar-refractivity contribution >= 4 is 16.4 Å². The van der Waals surface area contributed by atoms with E-state index in [0.29, 0.717) is 0 Å². The Morgan fingerprint density at radius 1 is 1.25 bits per heavy atom. The van der Waals surface area contributed by atoms with Gasteiger partial charge < -0.3 is 4.43 Å². The topological polar surface area (TPSA) is 9.23 Å².